The van der Waals surface area contributed by atoms with E-state index in [2.05, 4.69) is 4.90 Å². The fourth-order valence-electron chi connectivity index (χ4n) is 5.12. The predicted octanol–water partition coefficient (Wildman–Crippen LogP) is 4.04. The van der Waals surface area contributed by atoms with Crippen LogP contribution in [0.2, 0.25) is 0 Å². The molecule has 4 rings (SSSR count). The summed E-state index contributed by atoms with van der Waals surface area (Å²) in [5, 5.41) is 9.86. The number of benzene rings is 1. The van der Waals surface area contributed by atoms with Crippen LogP contribution in [0.15, 0.2) is 30.3 Å². The van der Waals surface area contributed by atoms with Gasteiger partial charge in [0.25, 0.3) is 5.91 Å². The molecule has 1 amide bonds. The van der Waals surface area contributed by atoms with E-state index in [0.29, 0.717) is 56.0 Å². The summed E-state index contributed by atoms with van der Waals surface area (Å²) in [5.74, 6) is 0.512. The number of aliphatic hydroxyl groups is 1. The minimum absolute atomic E-state index is 0.100. The number of likely N-dealkylation sites (tertiary alicyclic amines) is 1. The summed E-state index contributed by atoms with van der Waals surface area (Å²) in [7, 11) is 1.96. The molecule has 0 aliphatic carbocycles. The highest BCUT2D eigenvalue weighted by Gasteiger charge is 2.47. The average Bonchev–Trinajstić information content (AvgIpc) is 3.21. The van der Waals surface area contributed by atoms with Crippen molar-refractivity contribution < 1.29 is 27.8 Å². The summed E-state index contributed by atoms with van der Waals surface area (Å²) in [5.41, 5.74) is -0.0430. The van der Waals surface area contributed by atoms with E-state index in [-0.39, 0.29) is 12.5 Å². The number of alkyl halides is 3. The quantitative estimate of drug-likeness (QED) is 0.719. The van der Waals surface area contributed by atoms with Crippen molar-refractivity contribution in [3.63, 3.8) is 0 Å². The van der Waals surface area contributed by atoms with Gasteiger partial charge in [-0.3, -0.25) is 9.69 Å². The molecule has 1 aromatic heterocycles. The summed E-state index contributed by atoms with van der Waals surface area (Å²) < 4.78 is 47.5. The molecule has 186 valence electrons. The SMILES string of the molecule is Cc1cc(C(=O)N2CCC3(CC2)c2ccc(C(F)(F)F)n2CCN3C)ccc1OCC(C)(C)O. The van der Waals surface area contributed by atoms with E-state index in [0.717, 1.165) is 5.56 Å². The minimum atomic E-state index is -4.38. The molecule has 0 unspecified atom stereocenters. The highest BCUT2D eigenvalue weighted by Crippen LogP contribution is 2.44. The Balaban J connectivity index is 1.49. The van der Waals surface area contributed by atoms with Crippen molar-refractivity contribution in [2.75, 3.05) is 33.3 Å². The Morgan fingerprint density at radius 3 is 2.35 bits per heavy atom. The van der Waals surface area contributed by atoms with Crippen molar-refractivity contribution in [2.45, 2.75) is 57.5 Å². The van der Waals surface area contributed by atoms with Crippen LogP contribution in [0.4, 0.5) is 13.2 Å². The summed E-state index contributed by atoms with van der Waals surface area (Å²) in [4.78, 5) is 17.1. The van der Waals surface area contributed by atoms with Crippen LogP contribution in [0.1, 0.15) is 54.0 Å². The van der Waals surface area contributed by atoms with Gasteiger partial charge in [-0.2, -0.15) is 13.2 Å². The molecule has 0 radical (unpaired) electrons. The van der Waals surface area contributed by atoms with E-state index in [1.807, 2.05) is 14.0 Å². The van der Waals surface area contributed by atoms with Crippen molar-refractivity contribution in [2.24, 2.45) is 0 Å². The maximum absolute atomic E-state index is 13.5. The second-order valence-corrected chi connectivity index (χ2v) is 10.1. The molecule has 34 heavy (non-hydrogen) atoms. The standard InChI is InChI=1S/C25H32F3N3O3/c1-17-15-18(5-6-19(17)34-16-23(2,3)33)22(32)30-11-9-24(10-12-30)20-7-8-21(25(26,27)28)31(20)14-13-29(24)4/h5-8,15,33H,9-14,16H2,1-4H3. The topological polar surface area (TPSA) is 57.9 Å². The first-order chi connectivity index (χ1) is 15.8. The molecule has 1 spiro atoms. The second kappa shape index (κ2) is 8.61. The van der Waals surface area contributed by atoms with Crippen molar-refractivity contribution in [3.05, 3.63) is 52.8 Å². The number of hydrogen-bond donors (Lipinski definition) is 1. The van der Waals surface area contributed by atoms with E-state index in [1.54, 1.807) is 43.0 Å². The molecule has 0 bridgehead atoms. The lowest BCUT2D eigenvalue weighted by Gasteiger charge is -2.50. The van der Waals surface area contributed by atoms with Gasteiger partial charge in [-0.15, -0.1) is 0 Å². The van der Waals surface area contributed by atoms with Gasteiger partial charge in [0.1, 0.15) is 18.1 Å². The van der Waals surface area contributed by atoms with Gasteiger partial charge >= 0.3 is 6.18 Å². The molecular formula is C25H32F3N3O3. The van der Waals surface area contributed by atoms with Gasteiger partial charge in [-0.1, -0.05) is 0 Å². The van der Waals surface area contributed by atoms with E-state index in [4.69, 9.17) is 4.74 Å². The Labute approximate surface area is 197 Å². The third-order valence-electron chi connectivity index (χ3n) is 7.02. The summed E-state index contributed by atoms with van der Waals surface area (Å²) in [6, 6.07) is 8.01. The largest absolute Gasteiger partial charge is 0.490 e. The number of likely N-dealkylation sites (N-methyl/N-ethyl adjacent to an activating group) is 1. The third kappa shape index (κ3) is 4.55. The molecular weight excluding hydrogens is 447 g/mol. The van der Waals surface area contributed by atoms with Gasteiger partial charge < -0.3 is 19.3 Å². The number of carbonyl (C=O) groups is 1. The lowest BCUT2D eigenvalue weighted by molar-refractivity contribution is -0.144. The summed E-state index contributed by atoms with van der Waals surface area (Å²) in [6.07, 6.45) is -3.24. The molecule has 2 aromatic rings. The first-order valence-corrected chi connectivity index (χ1v) is 11.6. The van der Waals surface area contributed by atoms with E-state index in [1.165, 1.54) is 10.6 Å². The summed E-state index contributed by atoms with van der Waals surface area (Å²) >= 11 is 0. The zero-order valence-electron chi connectivity index (χ0n) is 20.1. The predicted molar refractivity (Wildman–Crippen MR) is 122 cm³/mol. The van der Waals surface area contributed by atoms with Crippen LogP contribution in [0.25, 0.3) is 0 Å². The Morgan fingerprint density at radius 2 is 1.76 bits per heavy atom. The first kappa shape index (κ1) is 24.6. The van der Waals surface area contributed by atoms with Crippen LogP contribution in [-0.2, 0) is 18.3 Å². The number of fused-ring (bicyclic) bond motifs is 2. The number of nitrogens with zero attached hydrogens (tertiary/aromatic N) is 3. The molecule has 1 fully saturated rings. The molecule has 6 nitrogen and oxygen atoms in total. The average molecular weight is 480 g/mol. The van der Waals surface area contributed by atoms with Crippen LogP contribution in [0.5, 0.6) is 5.75 Å². The number of aromatic nitrogens is 1. The fraction of sp³-hybridized carbons (Fsp3) is 0.560. The maximum Gasteiger partial charge on any atom is 0.431 e. The van der Waals surface area contributed by atoms with Gasteiger partial charge in [-0.05, 0) is 76.6 Å². The zero-order valence-corrected chi connectivity index (χ0v) is 20.1. The molecule has 3 heterocycles. The molecule has 1 saturated heterocycles. The van der Waals surface area contributed by atoms with E-state index < -0.39 is 23.0 Å². The lowest BCUT2D eigenvalue weighted by atomic mass is 9.81. The van der Waals surface area contributed by atoms with Crippen molar-refractivity contribution in [1.29, 1.82) is 0 Å². The number of carbonyl (C=O) groups excluding carboxylic acids is 1. The van der Waals surface area contributed by atoms with Crippen LogP contribution in [0.3, 0.4) is 0 Å². The monoisotopic (exact) mass is 479 g/mol. The number of halogens is 3. The fourth-order valence-corrected chi connectivity index (χ4v) is 5.12. The molecule has 9 heteroatoms. The van der Waals surface area contributed by atoms with Crippen LogP contribution < -0.4 is 4.74 Å². The van der Waals surface area contributed by atoms with Gasteiger partial charge in [0.05, 0.1) is 11.1 Å². The highest BCUT2D eigenvalue weighted by molar-refractivity contribution is 5.94. The number of aryl methyl sites for hydroxylation is 1. The molecule has 1 N–H and O–H groups in total. The number of hydrogen-bond acceptors (Lipinski definition) is 4. The van der Waals surface area contributed by atoms with Crippen molar-refractivity contribution in [1.82, 2.24) is 14.4 Å². The second-order valence-electron chi connectivity index (χ2n) is 10.1. The Kier molecular flexibility index (Phi) is 6.23. The molecule has 0 atom stereocenters. The Hall–Kier alpha value is -2.52. The highest BCUT2D eigenvalue weighted by atomic mass is 19.4. The number of ether oxygens (including phenoxy) is 1. The third-order valence-corrected chi connectivity index (χ3v) is 7.02. The number of piperidine rings is 1. The normalized spacial score (nSPS) is 18.8. The molecule has 2 aliphatic rings. The summed E-state index contributed by atoms with van der Waals surface area (Å²) in [6.45, 7) is 7.08. The van der Waals surface area contributed by atoms with E-state index in [9.17, 15) is 23.1 Å². The van der Waals surface area contributed by atoms with Gasteiger partial charge in [0.2, 0.25) is 0 Å². The van der Waals surface area contributed by atoms with Crippen LogP contribution in [0, 0.1) is 6.92 Å². The van der Waals surface area contributed by atoms with Crippen LogP contribution in [-0.4, -0.2) is 64.3 Å². The molecule has 0 saturated carbocycles. The Bertz CT molecular complexity index is 1060. The lowest BCUT2D eigenvalue weighted by Crippen LogP contribution is -2.56. The minimum Gasteiger partial charge on any atom is -0.490 e. The first-order valence-electron chi connectivity index (χ1n) is 11.6. The Morgan fingerprint density at radius 1 is 1.09 bits per heavy atom. The molecule has 1 aromatic carbocycles. The van der Waals surface area contributed by atoms with Gasteiger partial charge in [0, 0.05) is 37.4 Å². The number of rotatable bonds is 4. The zero-order chi connectivity index (χ0) is 24.9. The van der Waals surface area contributed by atoms with Crippen molar-refractivity contribution >= 4 is 5.91 Å². The van der Waals surface area contributed by atoms with Crippen LogP contribution >= 0.6 is 0 Å². The van der Waals surface area contributed by atoms with Crippen molar-refractivity contribution in [3.8, 4) is 5.75 Å². The molecule has 2 aliphatic heterocycles. The smallest absolute Gasteiger partial charge is 0.431 e. The van der Waals surface area contributed by atoms with E-state index >= 15 is 0 Å². The maximum atomic E-state index is 13.5. The van der Waals surface area contributed by atoms with Gasteiger partial charge in [-0.25, -0.2) is 0 Å². The number of amides is 1. The van der Waals surface area contributed by atoms with Gasteiger partial charge in [0.15, 0.2) is 0 Å².